The Hall–Kier alpha value is -1.06. The van der Waals surface area contributed by atoms with Crippen LogP contribution in [0.15, 0.2) is 0 Å². The number of fused-ring (bicyclic) bond motifs is 1. The van der Waals surface area contributed by atoms with E-state index in [9.17, 15) is 30.7 Å². The van der Waals surface area contributed by atoms with Gasteiger partial charge in [0.05, 0.1) is 14.3 Å². The second kappa shape index (κ2) is 4.25. The molecule has 0 saturated heterocycles. The highest BCUT2D eigenvalue weighted by molar-refractivity contribution is 14.1. The van der Waals surface area contributed by atoms with Gasteiger partial charge in [0.2, 0.25) is 0 Å². The normalized spacial score (nSPS) is 11.3. The van der Waals surface area contributed by atoms with Gasteiger partial charge in [0, 0.05) is 0 Å². The van der Waals surface area contributed by atoms with E-state index in [1.165, 1.54) is 0 Å². The predicted octanol–water partition coefficient (Wildman–Crippen LogP) is 4.42. The number of hydrogen-bond donors (Lipinski definition) is 0. The van der Waals surface area contributed by atoms with Crippen molar-refractivity contribution >= 4 is 33.4 Å². The zero-order chi connectivity index (χ0) is 13.8. The summed E-state index contributed by atoms with van der Waals surface area (Å²) in [5, 5.41) is -3.06. The summed E-state index contributed by atoms with van der Waals surface area (Å²) in [5.74, 6) is -14.4. The lowest BCUT2D eigenvalue weighted by molar-refractivity contribution is 0.411. The topological polar surface area (TPSA) is 0 Å². The van der Waals surface area contributed by atoms with Gasteiger partial charge < -0.3 is 0 Å². The third-order valence-corrected chi connectivity index (χ3v) is 3.23. The summed E-state index contributed by atoms with van der Waals surface area (Å²) in [5.41, 5.74) is 0. The van der Waals surface area contributed by atoms with Crippen LogP contribution in [0.3, 0.4) is 0 Å². The Kier molecular flexibility index (Phi) is 3.16. The van der Waals surface area contributed by atoms with E-state index in [0.29, 0.717) is 0 Å². The molecule has 2 aromatic carbocycles. The Bertz CT molecular complexity index is 567. The highest BCUT2D eigenvalue weighted by Gasteiger charge is 2.29. The molecular formula is C10F7I. The van der Waals surface area contributed by atoms with Crippen LogP contribution in [0.25, 0.3) is 10.8 Å². The molecule has 0 N–H and O–H groups in total. The molecule has 0 aliphatic carbocycles. The van der Waals surface area contributed by atoms with Gasteiger partial charge in [-0.15, -0.1) is 0 Å². The van der Waals surface area contributed by atoms with Crippen LogP contribution < -0.4 is 0 Å². The monoisotopic (exact) mass is 380 g/mol. The number of halogens is 8. The van der Waals surface area contributed by atoms with Crippen LogP contribution in [0.1, 0.15) is 0 Å². The zero-order valence-electron chi connectivity index (χ0n) is 8.02. The van der Waals surface area contributed by atoms with Crippen molar-refractivity contribution in [2.75, 3.05) is 0 Å². The summed E-state index contributed by atoms with van der Waals surface area (Å²) >= 11 is 0.996. The quantitative estimate of drug-likeness (QED) is 0.275. The molecule has 0 aromatic heterocycles. The van der Waals surface area contributed by atoms with Crippen molar-refractivity contribution in [3.63, 3.8) is 0 Å². The minimum atomic E-state index is -2.33. The van der Waals surface area contributed by atoms with Crippen LogP contribution in [0.2, 0.25) is 0 Å². The van der Waals surface area contributed by atoms with Gasteiger partial charge in [-0.3, -0.25) is 0 Å². The molecule has 0 amide bonds. The summed E-state index contributed by atoms with van der Waals surface area (Å²) in [6.45, 7) is 0. The summed E-state index contributed by atoms with van der Waals surface area (Å²) in [4.78, 5) is 0. The van der Waals surface area contributed by atoms with Gasteiger partial charge >= 0.3 is 0 Å². The van der Waals surface area contributed by atoms with Crippen LogP contribution in [0, 0.1) is 44.3 Å². The van der Waals surface area contributed by atoms with E-state index in [2.05, 4.69) is 0 Å². The van der Waals surface area contributed by atoms with Gasteiger partial charge in [-0.05, 0) is 22.6 Å². The van der Waals surface area contributed by atoms with Crippen molar-refractivity contribution in [3.8, 4) is 0 Å². The van der Waals surface area contributed by atoms with E-state index in [1.807, 2.05) is 0 Å². The number of rotatable bonds is 0. The van der Waals surface area contributed by atoms with Crippen molar-refractivity contribution in [2.45, 2.75) is 0 Å². The predicted molar refractivity (Wildman–Crippen MR) is 56.4 cm³/mol. The fraction of sp³-hybridized carbons (Fsp3) is 0. The van der Waals surface area contributed by atoms with E-state index in [0.717, 1.165) is 22.6 Å². The lowest BCUT2D eigenvalue weighted by Gasteiger charge is -2.09. The molecule has 8 heteroatoms. The Morgan fingerprint density at radius 2 is 0.778 bits per heavy atom. The maximum absolute atomic E-state index is 13.5. The molecule has 0 nitrogen and oxygen atoms in total. The first-order chi connectivity index (χ1) is 8.29. The third-order valence-electron chi connectivity index (χ3n) is 2.28. The summed E-state index contributed by atoms with van der Waals surface area (Å²) < 4.78 is 91.2. The van der Waals surface area contributed by atoms with Crippen molar-refractivity contribution in [3.05, 3.63) is 44.3 Å². The first kappa shape index (κ1) is 13.4. The standard InChI is InChI=1S/C10F7I/c11-3-1-2(4(12)8(16)7(3)15)6(14)10(18)9(17)5(1)13. The van der Waals surface area contributed by atoms with E-state index in [-0.39, 0.29) is 0 Å². The second-order valence-corrected chi connectivity index (χ2v) is 4.34. The molecule has 0 fully saturated rings. The van der Waals surface area contributed by atoms with Crippen molar-refractivity contribution in [1.82, 2.24) is 0 Å². The minimum absolute atomic E-state index is 0.984. The fourth-order valence-electron chi connectivity index (χ4n) is 1.46. The van der Waals surface area contributed by atoms with Crippen molar-refractivity contribution in [1.29, 1.82) is 0 Å². The lowest BCUT2D eigenvalue weighted by Crippen LogP contribution is -2.05. The molecule has 0 aliphatic heterocycles. The average Bonchev–Trinajstić information content (AvgIpc) is 2.35. The molecule has 0 heterocycles. The first-order valence-electron chi connectivity index (χ1n) is 4.26. The first-order valence-corrected chi connectivity index (χ1v) is 5.34. The number of hydrogen-bond acceptors (Lipinski definition) is 0. The van der Waals surface area contributed by atoms with E-state index < -0.39 is 55.1 Å². The van der Waals surface area contributed by atoms with E-state index in [1.54, 1.807) is 0 Å². The lowest BCUT2D eigenvalue weighted by atomic mass is 10.1. The second-order valence-electron chi connectivity index (χ2n) is 3.26. The molecule has 2 aromatic rings. The molecule has 96 valence electrons. The minimum Gasteiger partial charge on any atom is -0.205 e. The van der Waals surface area contributed by atoms with Gasteiger partial charge in [-0.2, -0.15) is 0 Å². The van der Waals surface area contributed by atoms with Crippen molar-refractivity contribution in [2.24, 2.45) is 0 Å². The summed E-state index contributed by atoms with van der Waals surface area (Å²) in [7, 11) is 0. The SMILES string of the molecule is Fc1c(F)c(F)c2c(F)c(I)c(F)c(F)c2c1F. The Labute approximate surface area is 109 Å². The number of benzene rings is 2. The molecule has 2 rings (SSSR count). The molecule has 0 radical (unpaired) electrons. The molecule has 0 unspecified atom stereocenters. The maximum atomic E-state index is 13.5. The largest absolute Gasteiger partial charge is 0.205 e. The molecule has 0 bridgehead atoms. The highest BCUT2D eigenvalue weighted by atomic mass is 127. The summed E-state index contributed by atoms with van der Waals surface area (Å²) in [6, 6.07) is 0. The van der Waals surface area contributed by atoms with Gasteiger partial charge in [-0.1, -0.05) is 0 Å². The molecule has 0 atom stereocenters. The van der Waals surface area contributed by atoms with Crippen LogP contribution in [-0.4, -0.2) is 0 Å². The Morgan fingerprint density at radius 1 is 0.444 bits per heavy atom. The fourth-order valence-corrected chi connectivity index (χ4v) is 1.96. The molecule has 18 heavy (non-hydrogen) atoms. The van der Waals surface area contributed by atoms with Crippen LogP contribution in [0.4, 0.5) is 30.7 Å². The highest BCUT2D eigenvalue weighted by Crippen LogP contribution is 2.34. The third kappa shape index (κ3) is 1.57. The molecule has 0 aliphatic rings. The Balaban J connectivity index is 3.22. The molecular weight excluding hydrogens is 380 g/mol. The van der Waals surface area contributed by atoms with Crippen LogP contribution >= 0.6 is 22.6 Å². The zero-order valence-corrected chi connectivity index (χ0v) is 10.2. The van der Waals surface area contributed by atoms with Gasteiger partial charge in [0.15, 0.2) is 40.7 Å². The van der Waals surface area contributed by atoms with Gasteiger partial charge in [0.1, 0.15) is 0 Å². The van der Waals surface area contributed by atoms with E-state index >= 15 is 0 Å². The van der Waals surface area contributed by atoms with Crippen LogP contribution in [0.5, 0.6) is 0 Å². The molecule has 0 saturated carbocycles. The van der Waals surface area contributed by atoms with Gasteiger partial charge in [-0.25, -0.2) is 30.7 Å². The smallest absolute Gasteiger partial charge is 0.198 e. The molecule has 0 spiro atoms. The Morgan fingerprint density at radius 3 is 1.22 bits per heavy atom. The van der Waals surface area contributed by atoms with E-state index in [4.69, 9.17) is 0 Å². The van der Waals surface area contributed by atoms with Gasteiger partial charge in [0.25, 0.3) is 0 Å². The van der Waals surface area contributed by atoms with Crippen LogP contribution in [-0.2, 0) is 0 Å². The average molecular weight is 380 g/mol. The van der Waals surface area contributed by atoms with Crippen molar-refractivity contribution < 1.29 is 30.7 Å². The maximum Gasteiger partial charge on any atom is 0.198 e. The summed E-state index contributed by atoms with van der Waals surface area (Å²) in [6.07, 6.45) is 0.